The summed E-state index contributed by atoms with van der Waals surface area (Å²) < 4.78 is 0. The van der Waals surface area contributed by atoms with Gasteiger partial charge in [-0.1, -0.05) is 13.8 Å². The lowest BCUT2D eigenvalue weighted by Gasteiger charge is -2.13. The number of aromatic nitrogens is 2. The van der Waals surface area contributed by atoms with Gasteiger partial charge in [0.15, 0.2) is 0 Å². The molecule has 0 saturated carbocycles. The molecule has 1 radical (unpaired) electrons. The Morgan fingerprint density at radius 2 is 2.25 bits per heavy atom. The molecule has 0 fully saturated rings. The average molecular weight is 220 g/mol. The Balaban J connectivity index is 2.59. The molecule has 0 aliphatic heterocycles. The van der Waals surface area contributed by atoms with Crippen molar-refractivity contribution in [3.8, 4) is 0 Å². The zero-order valence-electron chi connectivity index (χ0n) is 9.30. The highest BCUT2D eigenvalue weighted by molar-refractivity contribution is 5.93. The van der Waals surface area contributed by atoms with E-state index in [0.29, 0.717) is 12.3 Å². The van der Waals surface area contributed by atoms with Crippen molar-refractivity contribution in [1.29, 1.82) is 0 Å². The van der Waals surface area contributed by atoms with Gasteiger partial charge in [-0.3, -0.25) is 14.6 Å². The summed E-state index contributed by atoms with van der Waals surface area (Å²) in [6, 6.07) is -0.588. The van der Waals surface area contributed by atoms with Crippen LogP contribution >= 0.6 is 0 Å². The standard InChI is InChI=1S/C11H14N3O2/c1-8(2)5-9(7-15)14-11(16)10-6-12-3-4-13-10/h3-4,6,8-9H,5H2,1-2H3,(H,14,16)/t9-/m0/s1. The van der Waals surface area contributed by atoms with Crippen LogP contribution in [-0.4, -0.2) is 28.2 Å². The van der Waals surface area contributed by atoms with Crippen molar-refractivity contribution in [1.82, 2.24) is 15.3 Å². The summed E-state index contributed by atoms with van der Waals surface area (Å²) in [5.41, 5.74) is 0.200. The number of rotatable bonds is 5. The lowest BCUT2D eigenvalue weighted by molar-refractivity contribution is 0.0937. The zero-order valence-corrected chi connectivity index (χ0v) is 9.30. The second-order valence-corrected chi connectivity index (χ2v) is 3.86. The van der Waals surface area contributed by atoms with Crippen molar-refractivity contribution in [2.75, 3.05) is 0 Å². The second-order valence-electron chi connectivity index (χ2n) is 3.86. The third-order valence-corrected chi connectivity index (χ3v) is 1.95. The quantitative estimate of drug-likeness (QED) is 0.794. The molecule has 16 heavy (non-hydrogen) atoms. The fraction of sp³-hybridized carbons (Fsp3) is 0.455. The van der Waals surface area contributed by atoms with Gasteiger partial charge in [-0.15, -0.1) is 0 Å². The Hall–Kier alpha value is -1.78. The number of nitrogens with zero attached hydrogens (tertiary/aromatic N) is 2. The van der Waals surface area contributed by atoms with E-state index in [1.54, 1.807) is 6.29 Å². The molecule has 1 heterocycles. The van der Waals surface area contributed by atoms with E-state index in [1.165, 1.54) is 18.6 Å². The molecule has 0 aromatic carbocycles. The number of hydrogen-bond acceptors (Lipinski definition) is 4. The highest BCUT2D eigenvalue weighted by Crippen LogP contribution is 2.03. The molecule has 0 spiro atoms. The van der Waals surface area contributed by atoms with E-state index in [-0.39, 0.29) is 5.69 Å². The zero-order chi connectivity index (χ0) is 12.0. The maximum absolute atomic E-state index is 11.6. The molecule has 1 aromatic rings. The third kappa shape index (κ3) is 3.76. The molecule has 1 amide bonds. The molecule has 1 N–H and O–H groups in total. The van der Waals surface area contributed by atoms with E-state index >= 15 is 0 Å². The molecule has 1 atom stereocenters. The van der Waals surface area contributed by atoms with Gasteiger partial charge in [-0.25, -0.2) is 4.98 Å². The Bertz CT molecular complexity index is 352. The molecule has 0 aliphatic carbocycles. The molecule has 1 aromatic heterocycles. The van der Waals surface area contributed by atoms with E-state index < -0.39 is 11.9 Å². The van der Waals surface area contributed by atoms with Crippen LogP contribution in [0.5, 0.6) is 0 Å². The normalized spacial score (nSPS) is 12.2. The van der Waals surface area contributed by atoms with Crippen LogP contribution in [0.4, 0.5) is 0 Å². The summed E-state index contributed by atoms with van der Waals surface area (Å²) in [6.45, 7) is 3.94. The van der Waals surface area contributed by atoms with Crippen LogP contribution in [0.25, 0.3) is 0 Å². The Morgan fingerprint density at radius 1 is 1.50 bits per heavy atom. The number of carbonyl (C=O) groups is 1. The SMILES string of the molecule is CC(C)C[C@@H]([C]=O)NC(=O)c1cnccn1. The number of hydrogen-bond donors (Lipinski definition) is 1. The molecule has 1 rings (SSSR count). The van der Waals surface area contributed by atoms with Crippen LogP contribution < -0.4 is 5.32 Å². The lowest BCUT2D eigenvalue weighted by atomic mass is 10.0. The first-order valence-electron chi connectivity index (χ1n) is 5.08. The average Bonchev–Trinajstić information content (AvgIpc) is 2.28. The van der Waals surface area contributed by atoms with E-state index in [9.17, 15) is 9.59 Å². The minimum atomic E-state index is -0.588. The summed E-state index contributed by atoms with van der Waals surface area (Å²) >= 11 is 0. The number of amides is 1. The monoisotopic (exact) mass is 220 g/mol. The van der Waals surface area contributed by atoms with Gasteiger partial charge in [-0.05, 0) is 12.3 Å². The first-order valence-corrected chi connectivity index (χ1v) is 5.08. The van der Waals surface area contributed by atoms with Crippen LogP contribution in [0.1, 0.15) is 30.8 Å². The number of carbonyl (C=O) groups excluding carboxylic acids is 2. The first kappa shape index (κ1) is 12.3. The molecule has 0 aliphatic rings. The predicted molar refractivity (Wildman–Crippen MR) is 58.4 cm³/mol. The Kier molecular flexibility index (Phi) is 4.57. The van der Waals surface area contributed by atoms with Gasteiger partial charge in [0.25, 0.3) is 5.91 Å². The van der Waals surface area contributed by atoms with Gasteiger partial charge >= 0.3 is 0 Å². The molecular formula is C11H14N3O2. The number of nitrogens with one attached hydrogen (secondary N) is 1. The molecule has 5 heteroatoms. The second kappa shape index (κ2) is 5.95. The van der Waals surface area contributed by atoms with Crippen molar-refractivity contribution in [3.05, 3.63) is 24.3 Å². The fourth-order valence-corrected chi connectivity index (χ4v) is 1.26. The Labute approximate surface area is 94.3 Å². The van der Waals surface area contributed by atoms with E-state index in [1.807, 2.05) is 13.8 Å². The third-order valence-electron chi connectivity index (χ3n) is 1.95. The van der Waals surface area contributed by atoms with Crippen LogP contribution in [0.3, 0.4) is 0 Å². The summed E-state index contributed by atoms with van der Waals surface area (Å²) in [5, 5.41) is 2.55. The van der Waals surface area contributed by atoms with Crippen LogP contribution in [0, 0.1) is 5.92 Å². The summed E-state index contributed by atoms with van der Waals surface area (Å²) in [6.07, 6.45) is 6.63. The van der Waals surface area contributed by atoms with Crippen molar-refractivity contribution >= 4 is 12.2 Å². The van der Waals surface area contributed by atoms with Crippen molar-refractivity contribution in [2.45, 2.75) is 26.3 Å². The van der Waals surface area contributed by atoms with Gasteiger partial charge in [-0.2, -0.15) is 0 Å². The maximum Gasteiger partial charge on any atom is 0.272 e. The molecule has 0 unspecified atom stereocenters. The lowest BCUT2D eigenvalue weighted by Crippen LogP contribution is -2.37. The molecular weight excluding hydrogens is 206 g/mol. The topological polar surface area (TPSA) is 72.0 Å². The molecule has 85 valence electrons. The van der Waals surface area contributed by atoms with Crippen molar-refractivity contribution < 1.29 is 9.59 Å². The Morgan fingerprint density at radius 3 is 2.75 bits per heavy atom. The van der Waals surface area contributed by atoms with Gasteiger partial charge in [0.2, 0.25) is 6.29 Å². The smallest absolute Gasteiger partial charge is 0.272 e. The first-order chi connectivity index (χ1) is 7.63. The van der Waals surface area contributed by atoms with Gasteiger partial charge in [0, 0.05) is 12.4 Å². The summed E-state index contributed by atoms with van der Waals surface area (Å²) in [4.78, 5) is 29.9. The molecule has 5 nitrogen and oxygen atoms in total. The van der Waals surface area contributed by atoms with Gasteiger partial charge in [0.05, 0.1) is 12.2 Å². The summed E-state index contributed by atoms with van der Waals surface area (Å²) in [5.74, 6) is -0.0873. The highest BCUT2D eigenvalue weighted by atomic mass is 16.2. The fourth-order valence-electron chi connectivity index (χ4n) is 1.26. The van der Waals surface area contributed by atoms with Gasteiger partial charge < -0.3 is 5.32 Å². The van der Waals surface area contributed by atoms with E-state index in [0.717, 1.165) is 0 Å². The van der Waals surface area contributed by atoms with Crippen molar-refractivity contribution in [2.24, 2.45) is 5.92 Å². The molecule has 0 saturated heterocycles. The van der Waals surface area contributed by atoms with Gasteiger partial charge in [0.1, 0.15) is 5.69 Å². The van der Waals surface area contributed by atoms with Crippen molar-refractivity contribution in [3.63, 3.8) is 0 Å². The van der Waals surface area contributed by atoms with Crippen LogP contribution in [-0.2, 0) is 4.79 Å². The van der Waals surface area contributed by atoms with E-state index in [2.05, 4.69) is 15.3 Å². The van der Waals surface area contributed by atoms with Crippen LogP contribution in [0.2, 0.25) is 0 Å². The minimum absolute atomic E-state index is 0.200. The maximum atomic E-state index is 11.6. The predicted octanol–water partition coefficient (Wildman–Crippen LogP) is 0.731. The summed E-state index contributed by atoms with van der Waals surface area (Å²) in [7, 11) is 0. The minimum Gasteiger partial charge on any atom is -0.340 e. The highest BCUT2D eigenvalue weighted by Gasteiger charge is 2.15. The van der Waals surface area contributed by atoms with Crippen LogP contribution in [0.15, 0.2) is 18.6 Å². The molecule has 0 bridgehead atoms. The largest absolute Gasteiger partial charge is 0.340 e. The van der Waals surface area contributed by atoms with E-state index in [4.69, 9.17) is 0 Å².